The van der Waals surface area contributed by atoms with Gasteiger partial charge in [-0.3, -0.25) is 19.0 Å². The van der Waals surface area contributed by atoms with E-state index in [4.69, 9.17) is 4.74 Å². The lowest BCUT2D eigenvalue weighted by Gasteiger charge is -2.32. The number of ether oxygens (including phenoxy) is 1. The van der Waals surface area contributed by atoms with Gasteiger partial charge in [-0.25, -0.2) is 0 Å². The van der Waals surface area contributed by atoms with Gasteiger partial charge in [0.1, 0.15) is 11.3 Å². The van der Waals surface area contributed by atoms with E-state index in [9.17, 15) is 19.5 Å². The van der Waals surface area contributed by atoms with Crippen LogP contribution in [0.2, 0.25) is 0 Å². The second-order valence-electron chi connectivity index (χ2n) is 8.46. The Kier molecular flexibility index (Phi) is 6.12. The van der Waals surface area contributed by atoms with Crippen molar-refractivity contribution < 1.29 is 19.4 Å². The lowest BCUT2D eigenvalue weighted by molar-refractivity contribution is 0.0907. The van der Waals surface area contributed by atoms with E-state index in [-0.39, 0.29) is 23.4 Å². The number of pyridine rings is 1. The summed E-state index contributed by atoms with van der Waals surface area (Å²) in [5, 5.41) is 12.1. The number of benzene rings is 1. The monoisotopic (exact) mass is 412 g/mol. The van der Waals surface area contributed by atoms with Crippen LogP contribution in [0.4, 0.5) is 0 Å². The molecule has 1 aromatic carbocycles. The number of hydrogen-bond donors (Lipinski definition) is 2. The van der Waals surface area contributed by atoms with Gasteiger partial charge in [-0.2, -0.15) is 0 Å². The molecule has 30 heavy (non-hydrogen) atoms. The minimum absolute atomic E-state index is 0.0910. The number of methoxy groups -OCH3 is 1. The minimum atomic E-state index is -0.594. The summed E-state index contributed by atoms with van der Waals surface area (Å²) in [6.07, 6.45) is 1.40. The van der Waals surface area contributed by atoms with Gasteiger partial charge < -0.3 is 15.2 Å². The third-order valence-electron chi connectivity index (χ3n) is 5.51. The number of hydrogen-bond acceptors (Lipinski definition) is 5. The van der Waals surface area contributed by atoms with E-state index in [1.54, 1.807) is 31.4 Å². The lowest BCUT2D eigenvalue weighted by atomic mass is 9.75. The largest absolute Gasteiger partial charge is 0.497 e. The highest BCUT2D eigenvalue weighted by molar-refractivity contribution is 6.02. The molecule has 160 valence electrons. The zero-order valence-corrected chi connectivity index (χ0v) is 17.8. The van der Waals surface area contributed by atoms with Gasteiger partial charge in [0.25, 0.3) is 11.5 Å². The fourth-order valence-corrected chi connectivity index (χ4v) is 3.82. The standard InChI is InChI=1S/C23H28N2O5/c1-5-14(13-26)24-21(28)18-10-17-19(11-23(2,3)12-20(17)27)25(22(18)29)15-6-8-16(30-4)9-7-15/h6-10,14,26H,5,11-13H2,1-4H3,(H,24,28)/t14-/m1/s1. The predicted molar refractivity (Wildman–Crippen MR) is 114 cm³/mol. The summed E-state index contributed by atoms with van der Waals surface area (Å²) in [6.45, 7) is 5.58. The van der Waals surface area contributed by atoms with Crippen molar-refractivity contribution in [3.63, 3.8) is 0 Å². The molecule has 7 heteroatoms. The van der Waals surface area contributed by atoms with E-state index in [1.165, 1.54) is 10.6 Å². The van der Waals surface area contributed by atoms with Crippen molar-refractivity contribution in [3.05, 3.63) is 57.5 Å². The fraction of sp³-hybridized carbons (Fsp3) is 0.435. The molecule has 1 aliphatic carbocycles. The van der Waals surface area contributed by atoms with Gasteiger partial charge in [0.2, 0.25) is 0 Å². The molecule has 0 aliphatic heterocycles. The molecule has 0 saturated heterocycles. The number of nitrogens with zero attached hydrogens (tertiary/aromatic N) is 1. The van der Waals surface area contributed by atoms with Crippen LogP contribution in [0.15, 0.2) is 35.1 Å². The second-order valence-corrected chi connectivity index (χ2v) is 8.46. The summed E-state index contributed by atoms with van der Waals surface area (Å²) >= 11 is 0. The predicted octanol–water partition coefficient (Wildman–Crippen LogP) is 2.50. The SMILES string of the molecule is CC[C@H](CO)NC(=O)c1cc2c(n(-c3ccc(OC)cc3)c1=O)CC(C)(C)CC2=O. The Morgan fingerprint density at radius 1 is 1.23 bits per heavy atom. The van der Waals surface area contributed by atoms with Gasteiger partial charge in [0, 0.05) is 23.4 Å². The molecule has 1 atom stereocenters. The molecule has 0 bridgehead atoms. The molecule has 1 aliphatic rings. The van der Waals surface area contributed by atoms with E-state index in [0.29, 0.717) is 42.0 Å². The van der Waals surface area contributed by atoms with Crippen LogP contribution >= 0.6 is 0 Å². The van der Waals surface area contributed by atoms with Crippen LogP contribution in [0.1, 0.15) is 60.0 Å². The zero-order valence-electron chi connectivity index (χ0n) is 17.8. The van der Waals surface area contributed by atoms with Crippen LogP contribution in [0.25, 0.3) is 5.69 Å². The van der Waals surface area contributed by atoms with Crippen molar-refractivity contribution in [2.24, 2.45) is 5.41 Å². The van der Waals surface area contributed by atoms with Gasteiger partial charge >= 0.3 is 0 Å². The highest BCUT2D eigenvalue weighted by Crippen LogP contribution is 2.35. The summed E-state index contributed by atoms with van der Waals surface area (Å²) in [5.41, 5.74) is 0.674. The van der Waals surface area contributed by atoms with Gasteiger partial charge in [-0.1, -0.05) is 20.8 Å². The van der Waals surface area contributed by atoms with Crippen molar-refractivity contribution in [2.45, 2.75) is 46.1 Å². The van der Waals surface area contributed by atoms with Crippen LogP contribution in [-0.4, -0.2) is 41.1 Å². The Morgan fingerprint density at radius 3 is 2.47 bits per heavy atom. The first-order valence-electron chi connectivity index (χ1n) is 10.1. The molecule has 1 amide bonds. The maximum absolute atomic E-state index is 13.4. The number of carbonyl (C=O) groups is 2. The highest BCUT2D eigenvalue weighted by Gasteiger charge is 2.35. The minimum Gasteiger partial charge on any atom is -0.497 e. The number of aromatic nitrogens is 1. The Hall–Kier alpha value is -2.93. The number of amides is 1. The molecule has 1 heterocycles. The maximum Gasteiger partial charge on any atom is 0.268 e. The van der Waals surface area contributed by atoms with E-state index in [1.807, 2.05) is 20.8 Å². The lowest BCUT2D eigenvalue weighted by Crippen LogP contribution is -2.42. The zero-order chi connectivity index (χ0) is 22.1. The van der Waals surface area contributed by atoms with Gasteiger partial charge in [-0.15, -0.1) is 0 Å². The number of Topliss-reactive ketones (excluding diaryl/α,β-unsaturated/α-hetero) is 1. The van der Waals surface area contributed by atoms with Gasteiger partial charge in [0.15, 0.2) is 5.78 Å². The Labute approximate surface area is 175 Å². The molecule has 0 fully saturated rings. The highest BCUT2D eigenvalue weighted by atomic mass is 16.5. The van der Waals surface area contributed by atoms with E-state index >= 15 is 0 Å². The third kappa shape index (κ3) is 4.16. The molecule has 0 saturated carbocycles. The smallest absolute Gasteiger partial charge is 0.268 e. The number of fused-ring (bicyclic) bond motifs is 1. The summed E-state index contributed by atoms with van der Waals surface area (Å²) in [6, 6.07) is 7.88. The molecule has 0 radical (unpaired) electrons. The summed E-state index contributed by atoms with van der Waals surface area (Å²) in [5.74, 6) is -0.0462. The fourth-order valence-electron chi connectivity index (χ4n) is 3.82. The molecule has 2 N–H and O–H groups in total. The molecular weight excluding hydrogens is 384 g/mol. The van der Waals surface area contributed by atoms with Crippen LogP contribution in [0.3, 0.4) is 0 Å². The van der Waals surface area contributed by atoms with Gasteiger partial charge in [-0.05, 0) is 48.6 Å². The molecule has 1 aromatic heterocycles. The van der Waals surface area contributed by atoms with Crippen LogP contribution in [0, 0.1) is 5.41 Å². The molecular formula is C23H28N2O5. The first-order chi connectivity index (χ1) is 14.2. The van der Waals surface area contributed by atoms with Crippen LogP contribution in [0.5, 0.6) is 5.75 Å². The average Bonchev–Trinajstić information content (AvgIpc) is 2.71. The number of carbonyl (C=O) groups excluding carboxylic acids is 2. The number of aliphatic hydroxyl groups excluding tert-OH is 1. The molecule has 0 unspecified atom stereocenters. The Bertz CT molecular complexity index is 1020. The number of rotatable bonds is 6. The first-order valence-corrected chi connectivity index (χ1v) is 10.1. The normalized spacial score (nSPS) is 16.0. The Morgan fingerprint density at radius 2 is 1.90 bits per heavy atom. The number of aliphatic hydroxyl groups is 1. The van der Waals surface area contributed by atoms with Gasteiger partial charge in [0.05, 0.1) is 19.8 Å². The summed E-state index contributed by atoms with van der Waals surface area (Å²) in [4.78, 5) is 39.1. The van der Waals surface area contributed by atoms with Crippen molar-refractivity contribution >= 4 is 11.7 Å². The quantitative estimate of drug-likeness (QED) is 0.760. The molecule has 3 rings (SSSR count). The molecule has 2 aromatic rings. The van der Waals surface area contributed by atoms with Crippen LogP contribution in [-0.2, 0) is 6.42 Å². The molecule has 7 nitrogen and oxygen atoms in total. The van der Waals surface area contributed by atoms with E-state index < -0.39 is 17.5 Å². The third-order valence-corrected chi connectivity index (χ3v) is 5.51. The van der Waals surface area contributed by atoms with Crippen molar-refractivity contribution in [1.82, 2.24) is 9.88 Å². The topological polar surface area (TPSA) is 97.6 Å². The number of ketones is 1. The average molecular weight is 412 g/mol. The van der Waals surface area contributed by atoms with Crippen LogP contribution < -0.4 is 15.6 Å². The van der Waals surface area contributed by atoms with Crippen molar-refractivity contribution in [3.8, 4) is 11.4 Å². The van der Waals surface area contributed by atoms with E-state index in [2.05, 4.69) is 5.32 Å². The first kappa shape index (κ1) is 21.8. The Balaban J connectivity index is 2.22. The maximum atomic E-state index is 13.4. The van der Waals surface area contributed by atoms with Crippen molar-refractivity contribution in [2.75, 3.05) is 13.7 Å². The molecule has 0 spiro atoms. The second kappa shape index (κ2) is 8.44. The van der Waals surface area contributed by atoms with E-state index in [0.717, 1.165) is 0 Å². The summed E-state index contributed by atoms with van der Waals surface area (Å²) in [7, 11) is 1.56. The van der Waals surface area contributed by atoms with Crippen molar-refractivity contribution in [1.29, 1.82) is 0 Å². The number of nitrogens with one attached hydrogen (secondary N) is 1. The summed E-state index contributed by atoms with van der Waals surface area (Å²) < 4.78 is 6.66.